The summed E-state index contributed by atoms with van der Waals surface area (Å²) in [6.07, 6.45) is 7.44. The molecule has 1 fully saturated rings. The van der Waals surface area contributed by atoms with Gasteiger partial charge in [0, 0.05) is 18.2 Å². The lowest BCUT2D eigenvalue weighted by Crippen LogP contribution is -2.40. The molecule has 0 unspecified atom stereocenters. The normalized spacial score (nSPS) is 15.6. The Labute approximate surface area is 167 Å². The van der Waals surface area contributed by atoms with Crippen LogP contribution in [-0.4, -0.2) is 38.1 Å². The average Bonchev–Trinajstić information content (AvgIpc) is 2.87. The third-order valence-corrected chi connectivity index (χ3v) is 4.24. The van der Waals surface area contributed by atoms with E-state index < -0.39 is 0 Å². The van der Waals surface area contributed by atoms with Gasteiger partial charge < -0.3 is 21.1 Å². The monoisotopic (exact) mass is 460 g/mol. The maximum atomic E-state index is 12.0. The molecular formula is C18H29IN4O2. The summed E-state index contributed by atoms with van der Waals surface area (Å²) in [7, 11) is 1.60. The minimum Gasteiger partial charge on any atom is -0.497 e. The zero-order valence-corrected chi connectivity index (χ0v) is 17.1. The molecule has 0 spiro atoms. The highest BCUT2D eigenvalue weighted by atomic mass is 127. The molecular weight excluding hydrogens is 431 g/mol. The number of rotatable bonds is 6. The van der Waals surface area contributed by atoms with Crippen molar-refractivity contribution >= 4 is 35.8 Å². The summed E-state index contributed by atoms with van der Waals surface area (Å²) < 4.78 is 5.07. The maximum Gasteiger partial charge on any atom is 0.251 e. The number of halogens is 1. The van der Waals surface area contributed by atoms with Crippen molar-refractivity contribution in [2.75, 3.05) is 20.2 Å². The fraction of sp³-hybridized carbons (Fsp3) is 0.556. The average molecular weight is 460 g/mol. The Hall–Kier alpha value is -1.51. The molecule has 1 aliphatic carbocycles. The number of hydrogen-bond donors (Lipinski definition) is 3. The van der Waals surface area contributed by atoms with Gasteiger partial charge in [0.15, 0.2) is 5.96 Å². The number of benzene rings is 1. The molecule has 0 radical (unpaired) electrons. The van der Waals surface area contributed by atoms with Gasteiger partial charge in [0.25, 0.3) is 5.91 Å². The maximum absolute atomic E-state index is 12.0. The number of carbonyl (C=O) groups excluding carboxylic acids is 1. The lowest BCUT2D eigenvalue weighted by atomic mass is 10.1. The first-order valence-corrected chi connectivity index (χ1v) is 8.68. The van der Waals surface area contributed by atoms with E-state index in [0.29, 0.717) is 30.7 Å². The highest BCUT2D eigenvalue weighted by molar-refractivity contribution is 14.0. The second-order valence-electron chi connectivity index (χ2n) is 6.08. The third-order valence-electron chi connectivity index (χ3n) is 4.24. The summed E-state index contributed by atoms with van der Waals surface area (Å²) in [6, 6.07) is 7.44. The number of nitrogens with one attached hydrogen (secondary N) is 2. The molecule has 4 N–H and O–H groups in total. The van der Waals surface area contributed by atoms with Crippen LogP contribution < -0.4 is 21.1 Å². The van der Waals surface area contributed by atoms with Crippen LogP contribution in [0.4, 0.5) is 0 Å². The van der Waals surface area contributed by atoms with Crippen molar-refractivity contribution in [3.8, 4) is 5.75 Å². The summed E-state index contributed by atoms with van der Waals surface area (Å²) in [6.45, 7) is 0.922. The van der Waals surface area contributed by atoms with E-state index in [4.69, 9.17) is 10.5 Å². The molecule has 1 aliphatic rings. The van der Waals surface area contributed by atoms with E-state index in [9.17, 15) is 4.79 Å². The molecule has 1 saturated carbocycles. The number of nitrogens with zero attached hydrogens (tertiary/aromatic N) is 1. The van der Waals surface area contributed by atoms with Gasteiger partial charge in [-0.05, 0) is 37.1 Å². The van der Waals surface area contributed by atoms with Crippen molar-refractivity contribution in [2.24, 2.45) is 10.7 Å². The van der Waals surface area contributed by atoms with E-state index >= 15 is 0 Å². The van der Waals surface area contributed by atoms with Crippen LogP contribution in [0.5, 0.6) is 5.75 Å². The van der Waals surface area contributed by atoms with Gasteiger partial charge in [-0.2, -0.15) is 0 Å². The Balaban J connectivity index is 0.00000312. The van der Waals surface area contributed by atoms with Crippen LogP contribution in [0.2, 0.25) is 0 Å². The molecule has 1 aromatic rings. The molecule has 2 rings (SSSR count). The molecule has 6 nitrogen and oxygen atoms in total. The number of amides is 1. The Morgan fingerprint density at radius 3 is 2.44 bits per heavy atom. The van der Waals surface area contributed by atoms with Crippen molar-refractivity contribution in [1.29, 1.82) is 0 Å². The Bertz CT molecular complexity index is 541. The van der Waals surface area contributed by atoms with Crippen LogP contribution in [-0.2, 0) is 0 Å². The second kappa shape index (κ2) is 11.9. The standard InChI is InChI=1S/C18H28N4O2.HI/c1-24-16-10-8-14(9-11-16)17(23)20-12-13-21-18(19)22-15-6-4-2-3-5-7-15;/h8-11,15H,2-7,12-13H2,1H3,(H,20,23)(H3,19,21,22);1H. The Morgan fingerprint density at radius 2 is 1.84 bits per heavy atom. The van der Waals surface area contributed by atoms with E-state index in [1.54, 1.807) is 31.4 Å². The SMILES string of the molecule is COc1ccc(C(=O)NCCN=C(N)NC2CCCCCC2)cc1.I. The van der Waals surface area contributed by atoms with Crippen molar-refractivity contribution in [2.45, 2.75) is 44.6 Å². The van der Waals surface area contributed by atoms with Gasteiger partial charge in [-0.3, -0.25) is 9.79 Å². The van der Waals surface area contributed by atoms with Crippen LogP contribution in [0.25, 0.3) is 0 Å². The first-order valence-electron chi connectivity index (χ1n) is 8.68. The summed E-state index contributed by atoms with van der Waals surface area (Å²) in [5.41, 5.74) is 6.53. The molecule has 0 heterocycles. The van der Waals surface area contributed by atoms with E-state index in [0.717, 1.165) is 18.6 Å². The number of hydrogen-bond acceptors (Lipinski definition) is 3. The van der Waals surface area contributed by atoms with Gasteiger partial charge >= 0.3 is 0 Å². The van der Waals surface area contributed by atoms with Crippen molar-refractivity contribution in [1.82, 2.24) is 10.6 Å². The zero-order chi connectivity index (χ0) is 17.2. The highest BCUT2D eigenvalue weighted by Crippen LogP contribution is 2.16. The fourth-order valence-electron chi connectivity index (χ4n) is 2.87. The van der Waals surface area contributed by atoms with Gasteiger partial charge in [-0.1, -0.05) is 25.7 Å². The quantitative estimate of drug-likeness (QED) is 0.200. The molecule has 1 amide bonds. The highest BCUT2D eigenvalue weighted by Gasteiger charge is 2.12. The summed E-state index contributed by atoms with van der Waals surface area (Å²) in [5, 5.41) is 6.13. The second-order valence-corrected chi connectivity index (χ2v) is 6.08. The smallest absolute Gasteiger partial charge is 0.251 e. The van der Waals surface area contributed by atoms with Crippen LogP contribution in [0.3, 0.4) is 0 Å². The lowest BCUT2D eigenvalue weighted by molar-refractivity contribution is 0.0955. The third kappa shape index (κ3) is 7.94. The molecule has 0 atom stereocenters. The Kier molecular flexibility index (Phi) is 10.3. The van der Waals surface area contributed by atoms with E-state index in [1.807, 2.05) is 0 Å². The molecule has 25 heavy (non-hydrogen) atoms. The van der Waals surface area contributed by atoms with Gasteiger partial charge in [0.1, 0.15) is 5.75 Å². The molecule has 0 bridgehead atoms. The number of carbonyl (C=O) groups is 1. The fourth-order valence-corrected chi connectivity index (χ4v) is 2.87. The van der Waals surface area contributed by atoms with Crippen LogP contribution >= 0.6 is 24.0 Å². The van der Waals surface area contributed by atoms with E-state index in [1.165, 1.54) is 25.7 Å². The van der Waals surface area contributed by atoms with E-state index in [2.05, 4.69) is 15.6 Å². The zero-order valence-electron chi connectivity index (χ0n) is 14.8. The molecule has 0 aliphatic heterocycles. The van der Waals surface area contributed by atoms with E-state index in [-0.39, 0.29) is 29.9 Å². The number of guanidine groups is 1. The van der Waals surface area contributed by atoms with Crippen LogP contribution in [0, 0.1) is 0 Å². The molecule has 1 aromatic carbocycles. The van der Waals surface area contributed by atoms with Crippen molar-refractivity contribution in [3.63, 3.8) is 0 Å². The first kappa shape index (κ1) is 21.5. The van der Waals surface area contributed by atoms with Gasteiger partial charge in [0.05, 0.1) is 13.7 Å². The summed E-state index contributed by atoms with van der Waals surface area (Å²) >= 11 is 0. The molecule has 0 aromatic heterocycles. The number of aliphatic imine (C=N–C) groups is 1. The predicted molar refractivity (Wildman–Crippen MR) is 112 cm³/mol. The predicted octanol–water partition coefficient (Wildman–Crippen LogP) is 2.67. The number of nitrogens with two attached hydrogens (primary N) is 1. The van der Waals surface area contributed by atoms with Crippen LogP contribution in [0.15, 0.2) is 29.3 Å². The Morgan fingerprint density at radius 1 is 1.20 bits per heavy atom. The van der Waals surface area contributed by atoms with Crippen LogP contribution in [0.1, 0.15) is 48.9 Å². The van der Waals surface area contributed by atoms with Gasteiger partial charge in [0.2, 0.25) is 0 Å². The first-order chi connectivity index (χ1) is 11.7. The van der Waals surface area contributed by atoms with Crippen molar-refractivity contribution < 1.29 is 9.53 Å². The summed E-state index contributed by atoms with van der Waals surface area (Å²) in [5.74, 6) is 1.08. The largest absolute Gasteiger partial charge is 0.497 e. The number of ether oxygens (including phenoxy) is 1. The van der Waals surface area contributed by atoms with Crippen molar-refractivity contribution in [3.05, 3.63) is 29.8 Å². The molecule has 7 heteroatoms. The summed E-state index contributed by atoms with van der Waals surface area (Å²) in [4.78, 5) is 16.3. The topological polar surface area (TPSA) is 88.7 Å². The van der Waals surface area contributed by atoms with Gasteiger partial charge in [-0.15, -0.1) is 24.0 Å². The minimum absolute atomic E-state index is 0. The minimum atomic E-state index is -0.122. The number of methoxy groups -OCH3 is 1. The molecule has 140 valence electrons. The van der Waals surface area contributed by atoms with Gasteiger partial charge in [-0.25, -0.2) is 0 Å². The lowest BCUT2D eigenvalue weighted by Gasteiger charge is -2.16. The molecule has 0 saturated heterocycles.